The van der Waals surface area contributed by atoms with Gasteiger partial charge in [-0.3, -0.25) is 9.48 Å². The van der Waals surface area contributed by atoms with E-state index in [1.54, 1.807) is 4.68 Å². The maximum atomic E-state index is 11.9. The smallest absolute Gasteiger partial charge is 0.308 e. The second kappa shape index (κ2) is 7.87. The Hall–Kier alpha value is -2.48. The Kier molecular flexibility index (Phi) is 5.30. The molecular weight excluding hydrogens is 358 g/mol. The van der Waals surface area contributed by atoms with Crippen LogP contribution in [0.25, 0.3) is 11.4 Å². The van der Waals surface area contributed by atoms with Crippen molar-refractivity contribution in [2.24, 2.45) is 18.7 Å². The van der Waals surface area contributed by atoms with Gasteiger partial charge in [-0.2, -0.15) is 0 Å². The number of carbonyl (C=O) groups is 1. The predicted octanol–water partition coefficient (Wildman–Crippen LogP) is 2.32. The number of nitrogens with two attached hydrogens (primary N) is 1. The summed E-state index contributed by atoms with van der Waals surface area (Å²) in [4.78, 5) is 16.8. The molecule has 2 aliphatic rings. The highest BCUT2D eigenvalue weighted by Crippen LogP contribution is 2.44. The number of ether oxygens (including phenoxy) is 2. The van der Waals surface area contributed by atoms with Gasteiger partial charge in [0.05, 0.1) is 36.2 Å². The molecule has 28 heavy (non-hydrogen) atoms. The highest BCUT2D eigenvalue weighted by molar-refractivity contribution is 5.72. The molecular formula is C20H27N5O3. The Morgan fingerprint density at radius 1 is 1.29 bits per heavy atom. The molecule has 2 N–H and O–H groups in total. The first kappa shape index (κ1) is 18.9. The minimum absolute atomic E-state index is 0.0131. The monoisotopic (exact) mass is 385 g/mol. The maximum absolute atomic E-state index is 11.9. The van der Waals surface area contributed by atoms with E-state index in [-0.39, 0.29) is 18.0 Å². The molecule has 0 saturated heterocycles. The second-order valence-electron chi connectivity index (χ2n) is 7.69. The zero-order valence-corrected chi connectivity index (χ0v) is 16.4. The standard InChI is InChI=1S/C20H27N5O3/c1-25-16(11-21)19(23-24-25)15-8-9-17(18(22-15)12-6-7-12)28-14-5-3-4-13(10-14)20(26)27-2/h8-9,12-14H,3-7,10-11,21H2,1-2H3/t13-,14-/m0/s1. The summed E-state index contributed by atoms with van der Waals surface area (Å²) in [5.41, 5.74) is 9.19. The molecule has 2 saturated carbocycles. The van der Waals surface area contributed by atoms with Crippen LogP contribution in [-0.2, 0) is 23.1 Å². The number of pyridine rings is 1. The highest BCUT2D eigenvalue weighted by atomic mass is 16.5. The number of hydrogen-bond donors (Lipinski definition) is 1. The molecule has 0 aromatic carbocycles. The first-order valence-electron chi connectivity index (χ1n) is 9.95. The summed E-state index contributed by atoms with van der Waals surface area (Å²) in [6.45, 7) is 0.356. The molecule has 0 radical (unpaired) electrons. The Labute approximate surface area is 164 Å². The molecule has 0 aliphatic heterocycles. The van der Waals surface area contributed by atoms with Crippen LogP contribution in [-0.4, -0.2) is 39.2 Å². The molecule has 8 heteroatoms. The Balaban J connectivity index is 1.57. The summed E-state index contributed by atoms with van der Waals surface area (Å²) in [5.74, 6) is 1.03. The summed E-state index contributed by atoms with van der Waals surface area (Å²) in [6.07, 6.45) is 5.72. The molecule has 2 aliphatic carbocycles. The van der Waals surface area contributed by atoms with Crippen LogP contribution < -0.4 is 10.5 Å². The van der Waals surface area contributed by atoms with Crippen molar-refractivity contribution in [2.75, 3.05) is 7.11 Å². The van der Waals surface area contributed by atoms with Gasteiger partial charge in [-0.05, 0) is 50.7 Å². The van der Waals surface area contributed by atoms with Crippen LogP contribution in [0.3, 0.4) is 0 Å². The molecule has 150 valence electrons. The van der Waals surface area contributed by atoms with Gasteiger partial charge in [0, 0.05) is 19.5 Å². The first-order chi connectivity index (χ1) is 13.6. The molecule has 0 spiro atoms. The number of nitrogens with zero attached hydrogens (tertiary/aromatic N) is 4. The third-order valence-electron chi connectivity index (χ3n) is 5.68. The lowest BCUT2D eigenvalue weighted by atomic mass is 9.87. The number of hydrogen-bond acceptors (Lipinski definition) is 7. The molecule has 8 nitrogen and oxygen atoms in total. The van der Waals surface area contributed by atoms with Crippen molar-refractivity contribution >= 4 is 5.97 Å². The van der Waals surface area contributed by atoms with Crippen LogP contribution in [0.4, 0.5) is 0 Å². The van der Waals surface area contributed by atoms with Crippen molar-refractivity contribution in [3.8, 4) is 17.1 Å². The summed E-state index contributed by atoms with van der Waals surface area (Å²) < 4.78 is 12.9. The molecule has 0 amide bonds. The summed E-state index contributed by atoms with van der Waals surface area (Å²) in [7, 11) is 3.28. The van der Waals surface area contributed by atoms with Crippen LogP contribution in [0.1, 0.15) is 55.8 Å². The number of rotatable bonds is 6. The van der Waals surface area contributed by atoms with E-state index in [0.29, 0.717) is 18.9 Å². The van der Waals surface area contributed by atoms with Gasteiger partial charge in [-0.1, -0.05) is 5.21 Å². The molecule has 2 fully saturated rings. The number of carbonyl (C=O) groups excluding carboxylic acids is 1. The molecule has 2 atom stereocenters. The van der Waals surface area contributed by atoms with Gasteiger partial charge < -0.3 is 15.2 Å². The number of aromatic nitrogens is 4. The van der Waals surface area contributed by atoms with Gasteiger partial charge in [-0.25, -0.2) is 4.98 Å². The maximum Gasteiger partial charge on any atom is 0.308 e. The quantitative estimate of drug-likeness (QED) is 0.761. The normalized spacial score (nSPS) is 22.1. The highest BCUT2D eigenvalue weighted by Gasteiger charge is 2.33. The fraction of sp³-hybridized carbons (Fsp3) is 0.600. The van der Waals surface area contributed by atoms with Crippen molar-refractivity contribution in [1.82, 2.24) is 20.0 Å². The first-order valence-corrected chi connectivity index (χ1v) is 9.95. The average molecular weight is 385 g/mol. The zero-order chi connectivity index (χ0) is 19.7. The van der Waals surface area contributed by atoms with Crippen LogP contribution in [0, 0.1) is 5.92 Å². The molecule has 2 aromatic heterocycles. The molecule has 0 bridgehead atoms. The van der Waals surface area contributed by atoms with Crippen LogP contribution in [0.15, 0.2) is 12.1 Å². The van der Waals surface area contributed by atoms with Gasteiger partial charge in [0.2, 0.25) is 0 Å². The molecule has 0 unspecified atom stereocenters. The third-order valence-corrected chi connectivity index (χ3v) is 5.68. The number of esters is 1. The van der Waals surface area contributed by atoms with E-state index in [1.165, 1.54) is 7.11 Å². The minimum atomic E-state index is -0.138. The van der Waals surface area contributed by atoms with Crippen molar-refractivity contribution in [3.05, 3.63) is 23.5 Å². The fourth-order valence-electron chi connectivity index (χ4n) is 3.96. The van der Waals surface area contributed by atoms with E-state index in [4.69, 9.17) is 20.2 Å². The number of methoxy groups -OCH3 is 1. The lowest BCUT2D eigenvalue weighted by Crippen LogP contribution is -2.30. The van der Waals surface area contributed by atoms with Gasteiger partial charge in [-0.15, -0.1) is 5.10 Å². The van der Waals surface area contributed by atoms with E-state index in [9.17, 15) is 4.79 Å². The minimum Gasteiger partial charge on any atom is -0.488 e. The molecule has 4 rings (SSSR count). The lowest BCUT2D eigenvalue weighted by molar-refractivity contribution is -0.147. The Bertz CT molecular complexity index is 862. The van der Waals surface area contributed by atoms with Gasteiger partial charge in [0.25, 0.3) is 0 Å². The van der Waals surface area contributed by atoms with E-state index in [1.807, 2.05) is 19.2 Å². The van der Waals surface area contributed by atoms with Crippen molar-refractivity contribution in [2.45, 2.75) is 57.1 Å². The average Bonchev–Trinajstić information content (AvgIpc) is 3.50. The van der Waals surface area contributed by atoms with E-state index in [0.717, 1.165) is 60.6 Å². The van der Waals surface area contributed by atoms with E-state index in [2.05, 4.69) is 10.3 Å². The van der Waals surface area contributed by atoms with Crippen molar-refractivity contribution in [3.63, 3.8) is 0 Å². The summed E-state index contributed by atoms with van der Waals surface area (Å²) in [5, 5.41) is 8.31. The fourth-order valence-corrected chi connectivity index (χ4v) is 3.96. The SMILES string of the molecule is COC(=O)[C@H]1CCC[C@H](Oc2ccc(-c3nnn(C)c3CN)nc2C2CC2)C1. The predicted molar refractivity (Wildman–Crippen MR) is 102 cm³/mol. The second-order valence-corrected chi connectivity index (χ2v) is 7.69. The van der Waals surface area contributed by atoms with Crippen molar-refractivity contribution < 1.29 is 14.3 Å². The van der Waals surface area contributed by atoms with Crippen LogP contribution >= 0.6 is 0 Å². The summed E-state index contributed by atoms with van der Waals surface area (Å²) >= 11 is 0. The largest absolute Gasteiger partial charge is 0.488 e. The Morgan fingerprint density at radius 3 is 2.82 bits per heavy atom. The Morgan fingerprint density at radius 2 is 2.11 bits per heavy atom. The molecule has 2 heterocycles. The van der Waals surface area contributed by atoms with Crippen LogP contribution in [0.5, 0.6) is 5.75 Å². The van der Waals surface area contributed by atoms with Crippen molar-refractivity contribution in [1.29, 1.82) is 0 Å². The lowest BCUT2D eigenvalue weighted by Gasteiger charge is -2.28. The van der Waals surface area contributed by atoms with Gasteiger partial charge in [0.1, 0.15) is 11.4 Å². The van der Waals surface area contributed by atoms with E-state index < -0.39 is 0 Å². The number of aryl methyl sites for hydroxylation is 1. The third kappa shape index (κ3) is 3.73. The van der Waals surface area contributed by atoms with E-state index >= 15 is 0 Å². The summed E-state index contributed by atoms with van der Waals surface area (Å²) in [6, 6.07) is 3.90. The molecule has 2 aromatic rings. The van der Waals surface area contributed by atoms with Gasteiger partial charge in [0.15, 0.2) is 0 Å². The van der Waals surface area contributed by atoms with Crippen LogP contribution in [0.2, 0.25) is 0 Å². The topological polar surface area (TPSA) is 105 Å². The van der Waals surface area contributed by atoms with Gasteiger partial charge >= 0.3 is 5.97 Å². The zero-order valence-electron chi connectivity index (χ0n) is 16.4.